The van der Waals surface area contributed by atoms with Gasteiger partial charge in [0.1, 0.15) is 5.75 Å². The summed E-state index contributed by atoms with van der Waals surface area (Å²) in [6.07, 6.45) is -4.76. The van der Waals surface area contributed by atoms with E-state index in [1.54, 1.807) is 13.8 Å². The first-order valence-corrected chi connectivity index (χ1v) is 9.51. The van der Waals surface area contributed by atoms with Gasteiger partial charge in [0.05, 0.1) is 24.8 Å². The molecule has 0 aliphatic rings. The van der Waals surface area contributed by atoms with Crippen molar-refractivity contribution < 1.29 is 22.7 Å². The van der Waals surface area contributed by atoms with E-state index in [0.717, 1.165) is 6.07 Å². The molecule has 0 aromatic heterocycles. The molecule has 0 heterocycles. The number of ether oxygens (including phenoxy) is 1. The van der Waals surface area contributed by atoms with Crippen molar-refractivity contribution in [2.24, 2.45) is 4.99 Å². The SMILES string of the molecule is CCNC(=NCc1ccc(OC(C)C)cc1C(F)(F)F)NCC(=O)NC(C)(C)C. The number of halogens is 3. The smallest absolute Gasteiger partial charge is 0.416 e. The minimum Gasteiger partial charge on any atom is -0.491 e. The van der Waals surface area contributed by atoms with E-state index in [0.29, 0.717) is 6.54 Å². The summed E-state index contributed by atoms with van der Waals surface area (Å²) in [5.41, 5.74) is -1.15. The van der Waals surface area contributed by atoms with Crippen LogP contribution < -0.4 is 20.7 Å². The average molecular weight is 416 g/mol. The first-order valence-electron chi connectivity index (χ1n) is 9.51. The first-order chi connectivity index (χ1) is 13.3. The quantitative estimate of drug-likeness (QED) is 0.470. The molecule has 0 unspecified atom stereocenters. The van der Waals surface area contributed by atoms with Gasteiger partial charge in [0.25, 0.3) is 0 Å². The Hall–Kier alpha value is -2.45. The third-order valence-electron chi connectivity index (χ3n) is 3.44. The van der Waals surface area contributed by atoms with Gasteiger partial charge in [-0.1, -0.05) is 6.07 Å². The molecule has 3 N–H and O–H groups in total. The highest BCUT2D eigenvalue weighted by Gasteiger charge is 2.33. The minimum absolute atomic E-state index is 0.0185. The van der Waals surface area contributed by atoms with Crippen LogP contribution in [-0.4, -0.2) is 36.6 Å². The largest absolute Gasteiger partial charge is 0.491 e. The number of benzene rings is 1. The third-order valence-corrected chi connectivity index (χ3v) is 3.44. The van der Waals surface area contributed by atoms with Gasteiger partial charge in [-0.2, -0.15) is 13.2 Å². The second kappa shape index (κ2) is 10.4. The van der Waals surface area contributed by atoms with E-state index in [1.807, 2.05) is 27.7 Å². The summed E-state index contributed by atoms with van der Waals surface area (Å²) in [5.74, 6) is 0.172. The summed E-state index contributed by atoms with van der Waals surface area (Å²) in [5, 5.41) is 8.54. The number of hydrogen-bond acceptors (Lipinski definition) is 3. The van der Waals surface area contributed by atoms with Crippen LogP contribution in [0.5, 0.6) is 5.75 Å². The zero-order chi connectivity index (χ0) is 22.2. The number of aliphatic imine (C=N–C) groups is 1. The van der Waals surface area contributed by atoms with Crippen molar-refractivity contribution in [2.75, 3.05) is 13.1 Å². The van der Waals surface area contributed by atoms with Gasteiger partial charge < -0.3 is 20.7 Å². The van der Waals surface area contributed by atoms with Crippen LogP contribution in [0.1, 0.15) is 52.7 Å². The zero-order valence-electron chi connectivity index (χ0n) is 17.8. The molecule has 0 spiro atoms. The molecule has 164 valence electrons. The molecule has 0 aliphatic heterocycles. The van der Waals surface area contributed by atoms with E-state index >= 15 is 0 Å². The maximum absolute atomic E-state index is 13.5. The first kappa shape index (κ1) is 24.6. The van der Waals surface area contributed by atoms with Crippen LogP contribution in [0.2, 0.25) is 0 Å². The molecule has 0 saturated heterocycles. The molecule has 1 amide bonds. The fourth-order valence-corrected chi connectivity index (χ4v) is 2.44. The summed E-state index contributed by atoms with van der Waals surface area (Å²) in [4.78, 5) is 16.1. The van der Waals surface area contributed by atoms with Crippen LogP contribution in [0, 0.1) is 0 Å². The number of nitrogens with zero attached hydrogens (tertiary/aromatic N) is 1. The number of hydrogen-bond donors (Lipinski definition) is 3. The van der Waals surface area contributed by atoms with Crippen LogP contribution in [-0.2, 0) is 17.5 Å². The topological polar surface area (TPSA) is 74.8 Å². The predicted molar refractivity (Wildman–Crippen MR) is 108 cm³/mol. The Bertz CT molecular complexity index is 711. The predicted octanol–water partition coefficient (Wildman–Crippen LogP) is 3.46. The monoisotopic (exact) mass is 416 g/mol. The van der Waals surface area contributed by atoms with Crippen LogP contribution in [0.3, 0.4) is 0 Å². The number of nitrogens with one attached hydrogen (secondary N) is 3. The number of guanidine groups is 1. The fourth-order valence-electron chi connectivity index (χ4n) is 2.44. The lowest BCUT2D eigenvalue weighted by Crippen LogP contribution is -2.48. The van der Waals surface area contributed by atoms with E-state index < -0.39 is 11.7 Å². The fraction of sp³-hybridized carbons (Fsp3) is 0.600. The summed E-state index contributed by atoms with van der Waals surface area (Å²) in [7, 11) is 0. The lowest BCUT2D eigenvalue weighted by atomic mass is 10.1. The normalized spacial score (nSPS) is 12.7. The van der Waals surface area contributed by atoms with Crippen LogP contribution in [0.15, 0.2) is 23.2 Å². The third kappa shape index (κ3) is 9.54. The Morgan fingerprint density at radius 2 is 1.83 bits per heavy atom. The Kier molecular flexibility index (Phi) is 8.79. The van der Waals surface area contributed by atoms with Crippen molar-refractivity contribution in [1.29, 1.82) is 0 Å². The summed E-state index contributed by atoms with van der Waals surface area (Å²) >= 11 is 0. The van der Waals surface area contributed by atoms with Crippen molar-refractivity contribution in [1.82, 2.24) is 16.0 Å². The van der Waals surface area contributed by atoms with E-state index in [9.17, 15) is 18.0 Å². The summed E-state index contributed by atoms with van der Waals surface area (Å²) in [6.45, 7) is 11.1. The number of alkyl halides is 3. The van der Waals surface area contributed by atoms with Crippen LogP contribution in [0.25, 0.3) is 0 Å². The summed E-state index contributed by atoms with van der Waals surface area (Å²) < 4.78 is 45.8. The van der Waals surface area contributed by atoms with E-state index in [4.69, 9.17) is 4.74 Å². The molecule has 1 aromatic rings. The van der Waals surface area contributed by atoms with Crippen molar-refractivity contribution in [3.63, 3.8) is 0 Å². The van der Waals surface area contributed by atoms with Gasteiger partial charge >= 0.3 is 6.18 Å². The highest BCUT2D eigenvalue weighted by molar-refractivity contribution is 5.86. The minimum atomic E-state index is -4.53. The van der Waals surface area contributed by atoms with Crippen molar-refractivity contribution >= 4 is 11.9 Å². The van der Waals surface area contributed by atoms with E-state index in [2.05, 4.69) is 20.9 Å². The molecule has 1 rings (SSSR count). The van der Waals surface area contributed by atoms with Crippen LogP contribution >= 0.6 is 0 Å². The molecule has 9 heteroatoms. The number of carbonyl (C=O) groups is 1. The maximum Gasteiger partial charge on any atom is 0.416 e. The number of amides is 1. The molecular weight excluding hydrogens is 385 g/mol. The Morgan fingerprint density at radius 3 is 2.34 bits per heavy atom. The molecule has 1 aromatic carbocycles. The van der Waals surface area contributed by atoms with Gasteiger partial charge in [0.15, 0.2) is 5.96 Å². The molecule has 0 aliphatic carbocycles. The van der Waals surface area contributed by atoms with Gasteiger partial charge in [0, 0.05) is 12.1 Å². The average Bonchev–Trinajstić information content (AvgIpc) is 2.55. The van der Waals surface area contributed by atoms with Gasteiger partial charge in [-0.25, -0.2) is 4.99 Å². The van der Waals surface area contributed by atoms with Gasteiger partial charge in [-0.3, -0.25) is 4.79 Å². The highest BCUT2D eigenvalue weighted by Crippen LogP contribution is 2.35. The molecule has 0 atom stereocenters. The second-order valence-electron chi connectivity index (χ2n) is 7.83. The molecular formula is C20H31F3N4O2. The van der Waals surface area contributed by atoms with E-state index in [1.165, 1.54) is 12.1 Å². The molecule has 6 nitrogen and oxygen atoms in total. The lowest BCUT2D eigenvalue weighted by molar-refractivity contribution is -0.138. The van der Waals surface area contributed by atoms with Crippen molar-refractivity contribution in [3.05, 3.63) is 29.3 Å². The molecule has 29 heavy (non-hydrogen) atoms. The Morgan fingerprint density at radius 1 is 1.17 bits per heavy atom. The maximum atomic E-state index is 13.5. The van der Waals surface area contributed by atoms with Crippen LogP contribution in [0.4, 0.5) is 13.2 Å². The van der Waals surface area contributed by atoms with Gasteiger partial charge in [0.2, 0.25) is 5.91 Å². The zero-order valence-corrected chi connectivity index (χ0v) is 17.8. The summed E-state index contributed by atoms with van der Waals surface area (Å²) in [6, 6.07) is 3.85. The molecule has 0 saturated carbocycles. The molecule has 0 bridgehead atoms. The van der Waals surface area contributed by atoms with Crippen molar-refractivity contribution in [3.8, 4) is 5.75 Å². The standard InChI is InChI=1S/C20H31F3N4O2/c1-7-24-18(26-12-17(28)27-19(4,5)6)25-11-14-8-9-15(29-13(2)3)10-16(14)20(21,22)23/h8-10,13H,7,11-12H2,1-6H3,(H,27,28)(H2,24,25,26). The highest BCUT2D eigenvalue weighted by atomic mass is 19.4. The second-order valence-corrected chi connectivity index (χ2v) is 7.83. The van der Waals surface area contributed by atoms with Gasteiger partial charge in [-0.05, 0) is 59.2 Å². The van der Waals surface area contributed by atoms with E-state index in [-0.39, 0.29) is 47.9 Å². The molecule has 0 radical (unpaired) electrons. The Balaban J connectivity index is 2.96. The van der Waals surface area contributed by atoms with Gasteiger partial charge in [-0.15, -0.1) is 0 Å². The molecule has 0 fully saturated rings. The number of rotatable bonds is 7. The Labute approximate surface area is 170 Å². The number of carbonyl (C=O) groups excluding carboxylic acids is 1. The lowest BCUT2D eigenvalue weighted by Gasteiger charge is -2.21. The van der Waals surface area contributed by atoms with Crippen molar-refractivity contribution in [2.45, 2.75) is 65.9 Å².